The van der Waals surface area contributed by atoms with E-state index in [9.17, 15) is 22.8 Å². The highest BCUT2D eigenvalue weighted by Gasteiger charge is 2.31. The van der Waals surface area contributed by atoms with Gasteiger partial charge in [0, 0.05) is 6.54 Å². The van der Waals surface area contributed by atoms with Crippen LogP contribution in [0.15, 0.2) is 53.3 Å². The van der Waals surface area contributed by atoms with E-state index >= 15 is 0 Å². The predicted molar refractivity (Wildman–Crippen MR) is 107 cm³/mol. The molecule has 3 rings (SSSR count). The van der Waals surface area contributed by atoms with Crippen LogP contribution in [0, 0.1) is 0 Å². The molecule has 1 heterocycles. The van der Waals surface area contributed by atoms with Gasteiger partial charge < -0.3 is 15.2 Å². The number of aromatic nitrogens is 2. The molecule has 1 atom stereocenters. The van der Waals surface area contributed by atoms with Crippen molar-refractivity contribution in [3.8, 4) is 0 Å². The molecule has 6 nitrogen and oxygen atoms in total. The Labute approximate surface area is 170 Å². The van der Waals surface area contributed by atoms with Gasteiger partial charge >= 0.3 is 12.2 Å². The molecule has 0 radical (unpaired) electrons. The number of aromatic amines is 1. The number of rotatable bonds is 5. The smallest absolute Gasteiger partial charge is 0.331 e. The molecular weight excluding hydrogens is 397 g/mol. The molecule has 2 N–H and O–H groups in total. The Kier molecular flexibility index (Phi) is 6.09. The highest BCUT2D eigenvalue weighted by molar-refractivity contribution is 5.77. The summed E-state index contributed by atoms with van der Waals surface area (Å²) in [5.74, 6) is 0.322. The van der Waals surface area contributed by atoms with E-state index in [1.54, 1.807) is 38.1 Å². The monoisotopic (exact) mass is 418 g/mol. The molecular formula is C21H21F3N4O2. The number of alkyl halides is 3. The predicted octanol–water partition coefficient (Wildman–Crippen LogP) is 4.23. The zero-order chi connectivity index (χ0) is 21.9. The van der Waals surface area contributed by atoms with Crippen molar-refractivity contribution in [3.63, 3.8) is 0 Å². The van der Waals surface area contributed by atoms with E-state index in [2.05, 4.69) is 15.3 Å². The standard InChI is InChI=1S/C21H21F3N4O2/c1-3-28(12-18-26-17-10-5-4-9-16(17)19(29)27-18)20(30)25-13(2)14-7-6-8-15(11-14)21(22,23)24/h4-11,13H,3,12H2,1-2H3,(H,25,30)(H,26,27,29). The second-order valence-corrected chi connectivity index (χ2v) is 6.84. The molecule has 0 saturated heterocycles. The number of halogens is 3. The van der Waals surface area contributed by atoms with Crippen LogP contribution < -0.4 is 10.9 Å². The van der Waals surface area contributed by atoms with Crippen LogP contribution in [0.3, 0.4) is 0 Å². The molecule has 2 amide bonds. The van der Waals surface area contributed by atoms with Crippen molar-refractivity contribution < 1.29 is 18.0 Å². The first kappa shape index (κ1) is 21.4. The first-order valence-electron chi connectivity index (χ1n) is 9.39. The summed E-state index contributed by atoms with van der Waals surface area (Å²) >= 11 is 0. The third kappa shape index (κ3) is 4.79. The van der Waals surface area contributed by atoms with Gasteiger partial charge in [-0.1, -0.05) is 24.3 Å². The second-order valence-electron chi connectivity index (χ2n) is 6.84. The summed E-state index contributed by atoms with van der Waals surface area (Å²) in [7, 11) is 0. The lowest BCUT2D eigenvalue weighted by Crippen LogP contribution is -2.41. The van der Waals surface area contributed by atoms with Crippen LogP contribution in [-0.4, -0.2) is 27.4 Å². The lowest BCUT2D eigenvalue weighted by molar-refractivity contribution is -0.137. The minimum Gasteiger partial charge on any atom is -0.331 e. The Morgan fingerprint density at radius 1 is 1.20 bits per heavy atom. The Bertz CT molecular complexity index is 1110. The number of urea groups is 1. The van der Waals surface area contributed by atoms with E-state index in [0.29, 0.717) is 28.8 Å². The lowest BCUT2D eigenvalue weighted by Gasteiger charge is -2.24. The van der Waals surface area contributed by atoms with Gasteiger partial charge in [0.15, 0.2) is 0 Å². The summed E-state index contributed by atoms with van der Waals surface area (Å²) < 4.78 is 38.8. The van der Waals surface area contributed by atoms with Crippen LogP contribution in [0.5, 0.6) is 0 Å². The van der Waals surface area contributed by atoms with Gasteiger partial charge in [0.25, 0.3) is 5.56 Å². The first-order valence-corrected chi connectivity index (χ1v) is 9.39. The molecule has 0 bridgehead atoms. The molecule has 158 valence electrons. The number of benzene rings is 2. The summed E-state index contributed by atoms with van der Waals surface area (Å²) in [6.45, 7) is 3.74. The zero-order valence-electron chi connectivity index (χ0n) is 16.5. The number of carbonyl (C=O) groups excluding carboxylic acids is 1. The third-order valence-electron chi connectivity index (χ3n) is 4.73. The van der Waals surface area contributed by atoms with Gasteiger partial charge in [-0.15, -0.1) is 0 Å². The van der Waals surface area contributed by atoms with Gasteiger partial charge in [0.2, 0.25) is 0 Å². The highest BCUT2D eigenvalue weighted by Crippen LogP contribution is 2.30. The van der Waals surface area contributed by atoms with Crippen LogP contribution >= 0.6 is 0 Å². The van der Waals surface area contributed by atoms with Crippen molar-refractivity contribution in [3.05, 3.63) is 75.8 Å². The summed E-state index contributed by atoms with van der Waals surface area (Å²) in [6, 6.07) is 10.6. The van der Waals surface area contributed by atoms with Gasteiger partial charge in [-0.05, 0) is 43.7 Å². The quantitative estimate of drug-likeness (QED) is 0.651. The normalized spacial score (nSPS) is 12.6. The van der Waals surface area contributed by atoms with Crippen molar-refractivity contribution in [2.75, 3.05) is 6.54 Å². The van der Waals surface area contributed by atoms with Gasteiger partial charge in [-0.25, -0.2) is 9.78 Å². The molecule has 1 unspecified atom stereocenters. The van der Waals surface area contributed by atoms with Gasteiger partial charge in [-0.2, -0.15) is 13.2 Å². The number of nitrogens with zero attached hydrogens (tertiary/aromatic N) is 2. The van der Waals surface area contributed by atoms with E-state index in [4.69, 9.17) is 0 Å². The second kappa shape index (κ2) is 8.56. The van der Waals surface area contributed by atoms with Crippen LogP contribution in [0.4, 0.5) is 18.0 Å². The van der Waals surface area contributed by atoms with E-state index in [1.807, 2.05) is 0 Å². The number of hydrogen-bond acceptors (Lipinski definition) is 3. The number of carbonyl (C=O) groups is 1. The largest absolute Gasteiger partial charge is 0.416 e. The van der Waals surface area contributed by atoms with Gasteiger partial charge in [-0.3, -0.25) is 4.79 Å². The Morgan fingerprint density at radius 2 is 1.93 bits per heavy atom. The Morgan fingerprint density at radius 3 is 2.63 bits per heavy atom. The van der Waals surface area contributed by atoms with Crippen molar-refractivity contribution in [2.45, 2.75) is 32.6 Å². The zero-order valence-corrected chi connectivity index (χ0v) is 16.5. The minimum absolute atomic E-state index is 0.0533. The molecule has 3 aromatic rings. The summed E-state index contributed by atoms with van der Waals surface area (Å²) in [5, 5.41) is 3.15. The Balaban J connectivity index is 1.74. The fraction of sp³-hybridized carbons (Fsp3) is 0.286. The molecule has 2 aromatic carbocycles. The number of nitrogens with one attached hydrogen (secondary N) is 2. The third-order valence-corrected chi connectivity index (χ3v) is 4.73. The van der Waals surface area contributed by atoms with Crippen LogP contribution in [0.1, 0.15) is 36.8 Å². The molecule has 0 spiro atoms. The summed E-state index contributed by atoms with van der Waals surface area (Å²) in [5.41, 5.74) is -0.215. The molecule has 0 aliphatic carbocycles. The van der Waals surface area contributed by atoms with E-state index in [-0.39, 0.29) is 12.1 Å². The fourth-order valence-electron chi connectivity index (χ4n) is 3.06. The minimum atomic E-state index is -4.46. The van der Waals surface area contributed by atoms with Crippen molar-refractivity contribution in [1.29, 1.82) is 0 Å². The molecule has 0 fully saturated rings. The Hall–Kier alpha value is -3.36. The molecule has 0 aliphatic heterocycles. The van der Waals surface area contributed by atoms with E-state index in [0.717, 1.165) is 12.1 Å². The maximum Gasteiger partial charge on any atom is 0.416 e. The summed E-state index contributed by atoms with van der Waals surface area (Å²) in [4.78, 5) is 33.3. The maximum absolute atomic E-state index is 12.9. The van der Waals surface area contributed by atoms with E-state index < -0.39 is 23.8 Å². The van der Waals surface area contributed by atoms with Crippen LogP contribution in [0.2, 0.25) is 0 Å². The first-order chi connectivity index (χ1) is 14.2. The lowest BCUT2D eigenvalue weighted by atomic mass is 10.1. The number of para-hydroxylation sites is 1. The molecule has 1 aromatic heterocycles. The number of hydrogen-bond donors (Lipinski definition) is 2. The number of fused-ring (bicyclic) bond motifs is 1. The topological polar surface area (TPSA) is 78.1 Å². The van der Waals surface area contributed by atoms with E-state index in [1.165, 1.54) is 17.0 Å². The fourth-order valence-corrected chi connectivity index (χ4v) is 3.06. The summed E-state index contributed by atoms with van der Waals surface area (Å²) in [6.07, 6.45) is -4.46. The van der Waals surface area contributed by atoms with Crippen molar-refractivity contribution >= 4 is 16.9 Å². The molecule has 9 heteroatoms. The van der Waals surface area contributed by atoms with Gasteiger partial charge in [0.1, 0.15) is 5.82 Å². The highest BCUT2D eigenvalue weighted by atomic mass is 19.4. The molecule has 30 heavy (non-hydrogen) atoms. The van der Waals surface area contributed by atoms with Crippen molar-refractivity contribution in [2.24, 2.45) is 0 Å². The average molecular weight is 418 g/mol. The van der Waals surface area contributed by atoms with Crippen LogP contribution in [-0.2, 0) is 12.7 Å². The molecule has 0 saturated carbocycles. The van der Waals surface area contributed by atoms with Gasteiger partial charge in [0.05, 0.1) is 29.1 Å². The molecule has 0 aliphatic rings. The SMILES string of the molecule is CCN(Cc1nc2ccccc2c(=O)[nH]1)C(=O)NC(C)c1cccc(C(F)(F)F)c1. The number of amides is 2. The average Bonchev–Trinajstić information content (AvgIpc) is 2.71. The maximum atomic E-state index is 12.9. The van der Waals surface area contributed by atoms with Crippen molar-refractivity contribution in [1.82, 2.24) is 20.2 Å². The van der Waals surface area contributed by atoms with Crippen LogP contribution in [0.25, 0.3) is 10.9 Å². The number of H-pyrrole nitrogens is 1.